The van der Waals surface area contributed by atoms with Crippen LogP contribution >= 0.6 is 24.0 Å². The first-order valence-electron chi connectivity index (χ1n) is 5.56. The van der Waals surface area contributed by atoms with E-state index in [4.69, 9.17) is 16.3 Å². The van der Waals surface area contributed by atoms with Gasteiger partial charge < -0.3 is 9.84 Å². The minimum Gasteiger partial charge on any atom is -0.488 e. The molecule has 0 amide bonds. The summed E-state index contributed by atoms with van der Waals surface area (Å²) in [7, 11) is 0. The van der Waals surface area contributed by atoms with E-state index in [9.17, 15) is 5.11 Å². The maximum absolute atomic E-state index is 9.25. The number of ether oxygens (including phenoxy) is 1. The molecule has 1 aromatic carbocycles. The number of halogens is 2. The first-order chi connectivity index (χ1) is 8.66. The Hall–Kier alpha value is -1.36. The average molecular weight is 301 g/mol. The summed E-state index contributed by atoms with van der Waals surface area (Å²) in [6.45, 7) is 1.83. The molecule has 1 atom stereocenters. The van der Waals surface area contributed by atoms with Crippen LogP contribution in [0.15, 0.2) is 36.4 Å². The van der Waals surface area contributed by atoms with E-state index in [1.165, 1.54) is 0 Å². The van der Waals surface area contributed by atoms with Gasteiger partial charge in [-0.3, -0.25) is 0 Å². The number of aliphatic hydroxyl groups is 1. The molecule has 0 bridgehead atoms. The second kappa shape index (κ2) is 7.28. The zero-order chi connectivity index (χ0) is 13.0. The first-order valence-corrected chi connectivity index (χ1v) is 5.94. The Morgan fingerprint density at radius 2 is 1.95 bits per heavy atom. The van der Waals surface area contributed by atoms with Gasteiger partial charge in [0.1, 0.15) is 12.3 Å². The molecule has 4 nitrogen and oxygen atoms in total. The Labute approximate surface area is 122 Å². The lowest BCUT2D eigenvalue weighted by atomic mass is 10.1. The van der Waals surface area contributed by atoms with E-state index in [2.05, 4.69) is 10.2 Å². The first kappa shape index (κ1) is 15.7. The number of hydrogen-bond acceptors (Lipinski definition) is 4. The number of benzene rings is 1. The fraction of sp³-hybridized carbons (Fsp3) is 0.231. The summed E-state index contributed by atoms with van der Waals surface area (Å²) in [5.41, 5.74) is 1.50. The van der Waals surface area contributed by atoms with Crippen molar-refractivity contribution in [3.05, 3.63) is 41.6 Å². The van der Waals surface area contributed by atoms with Crippen molar-refractivity contribution in [2.45, 2.75) is 13.0 Å². The van der Waals surface area contributed by atoms with Gasteiger partial charge in [0, 0.05) is 11.6 Å². The molecule has 0 aliphatic rings. The third-order valence-electron chi connectivity index (χ3n) is 2.26. The molecule has 0 radical (unpaired) electrons. The molecular weight excluding hydrogens is 287 g/mol. The van der Waals surface area contributed by atoms with E-state index in [0.29, 0.717) is 11.4 Å². The van der Waals surface area contributed by atoms with Crippen LogP contribution in [0.25, 0.3) is 11.3 Å². The summed E-state index contributed by atoms with van der Waals surface area (Å²) in [4.78, 5) is 0. The SMILES string of the molecule is CC(O)COc1cc(Cl)nnc1-c1ccccc1.Cl. The largest absolute Gasteiger partial charge is 0.488 e. The molecule has 0 spiro atoms. The van der Waals surface area contributed by atoms with Gasteiger partial charge in [-0.05, 0) is 6.92 Å². The summed E-state index contributed by atoms with van der Waals surface area (Å²) in [6.07, 6.45) is -0.555. The predicted octanol–water partition coefficient (Wildman–Crippen LogP) is 2.98. The van der Waals surface area contributed by atoms with Gasteiger partial charge >= 0.3 is 0 Å². The highest BCUT2D eigenvalue weighted by atomic mass is 35.5. The van der Waals surface area contributed by atoms with Gasteiger partial charge in [-0.2, -0.15) is 0 Å². The van der Waals surface area contributed by atoms with Crippen molar-refractivity contribution in [3.8, 4) is 17.0 Å². The third kappa shape index (κ3) is 4.35. The molecular formula is C13H14Cl2N2O2. The van der Waals surface area contributed by atoms with Gasteiger partial charge in [-0.1, -0.05) is 41.9 Å². The van der Waals surface area contributed by atoms with Crippen LogP contribution in [0.2, 0.25) is 5.15 Å². The van der Waals surface area contributed by atoms with E-state index in [1.807, 2.05) is 30.3 Å². The van der Waals surface area contributed by atoms with Crippen molar-refractivity contribution in [2.24, 2.45) is 0 Å². The lowest BCUT2D eigenvalue weighted by Gasteiger charge is -2.11. The Kier molecular flexibility index (Phi) is 6.02. The van der Waals surface area contributed by atoms with Crippen molar-refractivity contribution >= 4 is 24.0 Å². The topological polar surface area (TPSA) is 55.2 Å². The Morgan fingerprint density at radius 3 is 2.58 bits per heavy atom. The second-order valence-corrected chi connectivity index (χ2v) is 4.29. The molecule has 1 heterocycles. The zero-order valence-electron chi connectivity index (χ0n) is 10.3. The van der Waals surface area contributed by atoms with Gasteiger partial charge in [0.25, 0.3) is 0 Å². The van der Waals surface area contributed by atoms with Crippen LogP contribution in [0.5, 0.6) is 5.75 Å². The van der Waals surface area contributed by atoms with Crippen molar-refractivity contribution < 1.29 is 9.84 Å². The van der Waals surface area contributed by atoms with Crippen molar-refractivity contribution in [1.82, 2.24) is 10.2 Å². The Bertz CT molecular complexity index is 521. The third-order valence-corrected chi connectivity index (χ3v) is 2.44. The highest BCUT2D eigenvalue weighted by Crippen LogP contribution is 2.28. The van der Waals surface area contributed by atoms with Crippen LogP contribution in [0.1, 0.15) is 6.92 Å². The lowest BCUT2D eigenvalue weighted by Crippen LogP contribution is -2.13. The molecule has 102 valence electrons. The fourth-order valence-corrected chi connectivity index (χ4v) is 1.61. The number of hydrogen-bond donors (Lipinski definition) is 1. The van der Waals surface area contributed by atoms with E-state index >= 15 is 0 Å². The van der Waals surface area contributed by atoms with Gasteiger partial charge in [0.15, 0.2) is 10.9 Å². The summed E-state index contributed by atoms with van der Waals surface area (Å²) in [6, 6.07) is 11.1. The molecule has 0 saturated carbocycles. The second-order valence-electron chi connectivity index (χ2n) is 3.91. The van der Waals surface area contributed by atoms with Gasteiger partial charge in [-0.15, -0.1) is 22.6 Å². The summed E-state index contributed by atoms with van der Waals surface area (Å²) in [5.74, 6) is 0.516. The minimum atomic E-state index is -0.555. The van der Waals surface area contributed by atoms with Crippen LogP contribution in [-0.4, -0.2) is 28.0 Å². The monoisotopic (exact) mass is 300 g/mol. The molecule has 2 aromatic rings. The Morgan fingerprint density at radius 1 is 1.26 bits per heavy atom. The van der Waals surface area contributed by atoms with Gasteiger partial charge in [-0.25, -0.2) is 0 Å². The minimum absolute atomic E-state index is 0. The molecule has 19 heavy (non-hydrogen) atoms. The fourth-order valence-electron chi connectivity index (χ4n) is 1.47. The van der Waals surface area contributed by atoms with E-state index in [1.54, 1.807) is 13.0 Å². The number of aromatic nitrogens is 2. The highest BCUT2D eigenvalue weighted by molar-refractivity contribution is 6.29. The molecule has 1 aromatic heterocycles. The predicted molar refractivity (Wildman–Crippen MR) is 76.9 cm³/mol. The van der Waals surface area contributed by atoms with Gasteiger partial charge in [0.2, 0.25) is 0 Å². The van der Waals surface area contributed by atoms with Crippen molar-refractivity contribution in [2.75, 3.05) is 6.61 Å². The quantitative estimate of drug-likeness (QED) is 0.943. The maximum Gasteiger partial charge on any atom is 0.155 e. The molecule has 0 fully saturated rings. The highest BCUT2D eigenvalue weighted by Gasteiger charge is 2.11. The van der Waals surface area contributed by atoms with Crippen LogP contribution in [0, 0.1) is 0 Å². The summed E-state index contributed by atoms with van der Waals surface area (Å²) in [5, 5.41) is 17.4. The molecule has 0 aliphatic heterocycles. The van der Waals surface area contributed by atoms with Crippen LogP contribution in [0.4, 0.5) is 0 Å². The maximum atomic E-state index is 9.25. The number of rotatable bonds is 4. The van der Waals surface area contributed by atoms with E-state index < -0.39 is 6.10 Å². The zero-order valence-corrected chi connectivity index (χ0v) is 11.9. The van der Waals surface area contributed by atoms with Crippen LogP contribution in [0.3, 0.4) is 0 Å². The Balaban J connectivity index is 0.00000180. The van der Waals surface area contributed by atoms with Crippen molar-refractivity contribution in [3.63, 3.8) is 0 Å². The summed E-state index contributed by atoms with van der Waals surface area (Å²) >= 11 is 5.80. The van der Waals surface area contributed by atoms with Gasteiger partial charge in [0.05, 0.1) is 6.10 Å². The smallest absolute Gasteiger partial charge is 0.155 e. The molecule has 2 rings (SSSR count). The standard InChI is InChI=1S/C13H13ClN2O2.ClH/c1-9(17)8-18-11-7-12(14)15-16-13(11)10-5-3-2-4-6-10;/h2-7,9,17H,8H2,1H3;1H. The van der Waals surface area contributed by atoms with Crippen LogP contribution in [-0.2, 0) is 0 Å². The normalized spacial score (nSPS) is 11.5. The van der Waals surface area contributed by atoms with Crippen molar-refractivity contribution in [1.29, 1.82) is 0 Å². The molecule has 0 saturated heterocycles. The molecule has 0 aliphatic carbocycles. The lowest BCUT2D eigenvalue weighted by molar-refractivity contribution is 0.123. The molecule has 6 heteroatoms. The molecule has 1 N–H and O–H groups in total. The van der Waals surface area contributed by atoms with E-state index in [0.717, 1.165) is 5.56 Å². The van der Waals surface area contributed by atoms with Crippen LogP contribution < -0.4 is 4.74 Å². The molecule has 1 unspecified atom stereocenters. The van der Waals surface area contributed by atoms with E-state index in [-0.39, 0.29) is 24.2 Å². The number of aliphatic hydroxyl groups excluding tert-OH is 1. The summed E-state index contributed by atoms with van der Waals surface area (Å²) < 4.78 is 5.50. The number of nitrogens with zero attached hydrogens (tertiary/aromatic N) is 2. The average Bonchev–Trinajstić information content (AvgIpc) is 2.37.